The van der Waals surface area contributed by atoms with Crippen molar-refractivity contribution < 1.29 is 0 Å². The van der Waals surface area contributed by atoms with Crippen LogP contribution in [-0.4, -0.2) is 0 Å². The predicted molar refractivity (Wildman–Crippen MR) is 106 cm³/mol. The van der Waals surface area contributed by atoms with Crippen molar-refractivity contribution in [3.8, 4) is 0 Å². The summed E-state index contributed by atoms with van der Waals surface area (Å²) in [5, 5.41) is 1.41. The summed E-state index contributed by atoms with van der Waals surface area (Å²) in [6.45, 7) is 7.00. The van der Waals surface area contributed by atoms with E-state index >= 15 is 0 Å². The van der Waals surface area contributed by atoms with Gasteiger partial charge in [0.05, 0.1) is 10.0 Å². The maximum atomic E-state index is 6.31. The molecular weight excluding hydrogens is 323 g/mol. The van der Waals surface area contributed by atoms with Crippen molar-refractivity contribution in [3.05, 3.63) is 33.8 Å². The Morgan fingerprint density at radius 2 is 1.43 bits per heavy atom. The molecule has 2 atom stereocenters. The van der Waals surface area contributed by atoms with Crippen LogP contribution in [0.2, 0.25) is 10.0 Å². The van der Waals surface area contributed by atoms with Gasteiger partial charge in [-0.05, 0) is 29.9 Å². The van der Waals surface area contributed by atoms with E-state index in [-0.39, 0.29) is 0 Å². The molecule has 0 amide bonds. The Kier molecular flexibility index (Phi) is 11.1. The van der Waals surface area contributed by atoms with Gasteiger partial charge < -0.3 is 0 Å². The zero-order chi connectivity index (χ0) is 17.1. The lowest BCUT2D eigenvalue weighted by molar-refractivity contribution is 0.348. The van der Waals surface area contributed by atoms with E-state index in [0.29, 0.717) is 10.9 Å². The van der Waals surface area contributed by atoms with Crippen LogP contribution in [0.25, 0.3) is 0 Å². The molecule has 1 aromatic carbocycles. The Labute approximate surface area is 154 Å². The molecule has 0 radical (unpaired) electrons. The van der Waals surface area contributed by atoms with E-state index in [4.69, 9.17) is 23.2 Å². The van der Waals surface area contributed by atoms with Gasteiger partial charge in [-0.25, -0.2) is 0 Å². The number of rotatable bonds is 12. The van der Waals surface area contributed by atoms with Crippen molar-refractivity contribution in [2.75, 3.05) is 0 Å². The Balaban J connectivity index is 2.19. The monoisotopic (exact) mass is 356 g/mol. The second-order valence-electron chi connectivity index (χ2n) is 7.14. The van der Waals surface area contributed by atoms with E-state index < -0.39 is 0 Å². The third-order valence-electron chi connectivity index (χ3n) is 5.06. The van der Waals surface area contributed by atoms with Gasteiger partial charge in [-0.1, -0.05) is 114 Å². The SMILES string of the molecule is CCCCCCCCCCC(C)C(C)Cc1cccc(Cl)c1Cl. The van der Waals surface area contributed by atoms with Gasteiger partial charge in [0, 0.05) is 0 Å². The molecular formula is C21H34Cl2. The fourth-order valence-corrected chi connectivity index (χ4v) is 3.54. The summed E-state index contributed by atoms with van der Waals surface area (Å²) in [5.74, 6) is 1.39. The van der Waals surface area contributed by atoms with E-state index in [1.165, 1.54) is 63.4 Å². The van der Waals surface area contributed by atoms with E-state index in [1.54, 1.807) is 0 Å². The van der Waals surface area contributed by atoms with Crippen LogP contribution in [0.4, 0.5) is 0 Å². The number of halogens is 2. The summed E-state index contributed by atoms with van der Waals surface area (Å²) < 4.78 is 0. The van der Waals surface area contributed by atoms with Crippen LogP contribution in [0.15, 0.2) is 18.2 Å². The van der Waals surface area contributed by atoms with Gasteiger partial charge >= 0.3 is 0 Å². The maximum absolute atomic E-state index is 6.31. The Morgan fingerprint density at radius 1 is 0.826 bits per heavy atom. The van der Waals surface area contributed by atoms with Crippen LogP contribution in [-0.2, 0) is 6.42 Å². The average Bonchev–Trinajstić information content (AvgIpc) is 2.54. The molecule has 0 nitrogen and oxygen atoms in total. The van der Waals surface area contributed by atoms with Crippen molar-refractivity contribution in [2.45, 2.75) is 85.0 Å². The highest BCUT2D eigenvalue weighted by Gasteiger charge is 2.15. The topological polar surface area (TPSA) is 0 Å². The normalized spacial score (nSPS) is 14.0. The summed E-state index contributed by atoms with van der Waals surface area (Å²) in [6, 6.07) is 5.97. The maximum Gasteiger partial charge on any atom is 0.0624 e. The van der Waals surface area contributed by atoms with Crippen LogP contribution in [0, 0.1) is 11.8 Å². The smallest absolute Gasteiger partial charge is 0.0624 e. The Hall–Kier alpha value is -0.200. The summed E-state index contributed by atoms with van der Waals surface area (Å²) in [6.07, 6.45) is 13.5. The van der Waals surface area contributed by atoms with Gasteiger partial charge in [-0.15, -0.1) is 0 Å². The highest BCUT2D eigenvalue weighted by Crippen LogP contribution is 2.30. The van der Waals surface area contributed by atoms with Crippen molar-refractivity contribution in [1.82, 2.24) is 0 Å². The molecule has 0 heterocycles. The highest BCUT2D eigenvalue weighted by atomic mass is 35.5. The fourth-order valence-electron chi connectivity index (χ4n) is 3.14. The quantitative estimate of drug-likeness (QED) is 0.330. The van der Waals surface area contributed by atoms with Crippen LogP contribution in [0.3, 0.4) is 0 Å². The molecule has 0 aliphatic heterocycles. The Morgan fingerprint density at radius 3 is 2.09 bits per heavy atom. The summed E-state index contributed by atoms with van der Waals surface area (Å²) in [4.78, 5) is 0. The molecule has 132 valence electrons. The first kappa shape index (κ1) is 20.8. The second kappa shape index (κ2) is 12.2. The molecule has 0 N–H and O–H groups in total. The standard InChI is InChI=1S/C21H34Cl2/c1-4-5-6-7-8-9-10-11-13-17(2)18(3)16-19-14-12-15-20(22)21(19)23/h12,14-15,17-18H,4-11,13,16H2,1-3H3. The largest absolute Gasteiger partial charge is 0.0827 e. The average molecular weight is 357 g/mol. The minimum atomic E-state index is 0.649. The molecule has 0 bridgehead atoms. The third kappa shape index (κ3) is 8.45. The molecule has 1 aromatic rings. The van der Waals surface area contributed by atoms with Crippen LogP contribution >= 0.6 is 23.2 Å². The van der Waals surface area contributed by atoms with E-state index in [2.05, 4.69) is 26.8 Å². The predicted octanol–water partition coefficient (Wildman–Crippen LogP) is 8.34. The summed E-state index contributed by atoms with van der Waals surface area (Å²) >= 11 is 12.4. The lowest BCUT2D eigenvalue weighted by Gasteiger charge is -2.20. The third-order valence-corrected chi connectivity index (χ3v) is 5.92. The van der Waals surface area contributed by atoms with E-state index in [1.807, 2.05) is 12.1 Å². The summed E-state index contributed by atoms with van der Waals surface area (Å²) in [7, 11) is 0. The molecule has 0 aromatic heterocycles. The molecule has 2 unspecified atom stereocenters. The van der Waals surface area contributed by atoms with Gasteiger partial charge in [-0.2, -0.15) is 0 Å². The van der Waals surface area contributed by atoms with E-state index in [9.17, 15) is 0 Å². The van der Waals surface area contributed by atoms with Gasteiger partial charge in [0.1, 0.15) is 0 Å². The van der Waals surface area contributed by atoms with Crippen LogP contribution in [0.5, 0.6) is 0 Å². The van der Waals surface area contributed by atoms with Gasteiger partial charge in [-0.3, -0.25) is 0 Å². The second-order valence-corrected chi connectivity index (χ2v) is 7.92. The number of hydrogen-bond donors (Lipinski definition) is 0. The van der Waals surface area contributed by atoms with Gasteiger partial charge in [0.2, 0.25) is 0 Å². The molecule has 0 saturated heterocycles. The molecule has 2 heteroatoms. The first-order valence-electron chi connectivity index (χ1n) is 9.49. The Bertz CT molecular complexity index is 428. The minimum absolute atomic E-state index is 0.649. The molecule has 0 saturated carbocycles. The number of hydrogen-bond acceptors (Lipinski definition) is 0. The molecule has 0 spiro atoms. The number of benzene rings is 1. The van der Waals surface area contributed by atoms with Crippen LogP contribution < -0.4 is 0 Å². The molecule has 0 aliphatic carbocycles. The summed E-state index contributed by atoms with van der Waals surface area (Å²) in [5.41, 5.74) is 1.19. The molecule has 1 rings (SSSR count). The lowest BCUT2D eigenvalue weighted by Crippen LogP contribution is -2.11. The zero-order valence-corrected chi connectivity index (χ0v) is 16.7. The van der Waals surface area contributed by atoms with Gasteiger partial charge in [0.15, 0.2) is 0 Å². The molecule has 0 fully saturated rings. The molecule has 0 aliphatic rings. The van der Waals surface area contributed by atoms with E-state index in [0.717, 1.165) is 17.4 Å². The first-order chi connectivity index (χ1) is 11.1. The van der Waals surface area contributed by atoms with Gasteiger partial charge in [0.25, 0.3) is 0 Å². The highest BCUT2D eigenvalue weighted by molar-refractivity contribution is 6.42. The lowest BCUT2D eigenvalue weighted by atomic mass is 9.86. The minimum Gasteiger partial charge on any atom is -0.0827 e. The van der Waals surface area contributed by atoms with Crippen molar-refractivity contribution in [3.63, 3.8) is 0 Å². The first-order valence-corrected chi connectivity index (χ1v) is 10.2. The van der Waals surface area contributed by atoms with Crippen molar-refractivity contribution in [1.29, 1.82) is 0 Å². The van der Waals surface area contributed by atoms with Crippen LogP contribution in [0.1, 0.15) is 84.1 Å². The fraction of sp³-hybridized carbons (Fsp3) is 0.714. The molecule has 23 heavy (non-hydrogen) atoms. The zero-order valence-electron chi connectivity index (χ0n) is 15.2. The number of unbranched alkanes of at least 4 members (excludes halogenated alkanes) is 7. The van der Waals surface area contributed by atoms with Crippen molar-refractivity contribution in [2.24, 2.45) is 11.8 Å². The van der Waals surface area contributed by atoms with Crippen molar-refractivity contribution >= 4 is 23.2 Å².